The van der Waals surface area contributed by atoms with Crippen LogP contribution >= 0.6 is 8.30 Å². The Bertz CT molecular complexity index is 2130. The first kappa shape index (κ1) is 48.2. The lowest BCUT2D eigenvalue weighted by atomic mass is 9.80. The molecule has 2 heterocycles. The summed E-state index contributed by atoms with van der Waals surface area (Å²) in [7, 11) is 2.99. The topological polar surface area (TPSA) is 149 Å². The maximum atomic E-state index is 13.8. The van der Waals surface area contributed by atoms with Gasteiger partial charge in [-0.05, 0) is 82.5 Å². The third-order valence-corrected chi connectivity index (χ3v) is 12.8. The number of benzene rings is 3. The van der Waals surface area contributed by atoms with Crippen LogP contribution in [0.2, 0.25) is 0 Å². The monoisotopic (exact) mass is 873 g/mol. The van der Waals surface area contributed by atoms with Crippen molar-refractivity contribution in [3.63, 3.8) is 0 Å². The predicted molar refractivity (Wildman–Crippen MR) is 238 cm³/mol. The number of carbonyl (C=O) groups is 1. The standard InChI is InChI=1S/C47H60N3O11P/c1-11-26-46(6,7)60-41(52)31-62(50(32(2)3)33(4)5)61-42-39(59-44(43(42)57-29-28-54-8)49-27-25-40(51)48-45(49)53)30-58-47(34-15-13-12-14-16-34,35-17-21-37(55-9)22-18-35)36-19-23-38(56-10)24-20-36/h1,12-25,27,32-33,39,42-44H,26,28-31H2,2-10H3,(H,48,51,53)/t39-,42+,43?,44-,62?/m1/s1. The van der Waals surface area contributed by atoms with E-state index in [1.54, 1.807) is 35.2 Å². The van der Waals surface area contributed by atoms with E-state index in [9.17, 15) is 14.4 Å². The summed E-state index contributed by atoms with van der Waals surface area (Å²) in [6.45, 7) is 11.9. The molecule has 1 fully saturated rings. The summed E-state index contributed by atoms with van der Waals surface area (Å²) in [5.74, 6) is 3.43. The number of aromatic nitrogens is 2. The van der Waals surface area contributed by atoms with Gasteiger partial charge in [0.15, 0.2) is 6.23 Å². The molecule has 0 amide bonds. The average Bonchev–Trinajstić information content (AvgIpc) is 3.57. The zero-order valence-corrected chi connectivity index (χ0v) is 38.0. The minimum absolute atomic E-state index is 0.0639. The maximum absolute atomic E-state index is 13.8. The molecule has 0 spiro atoms. The number of aromatic amines is 1. The van der Waals surface area contributed by atoms with Crippen LogP contribution in [0, 0.1) is 12.3 Å². The molecule has 4 aromatic rings. The highest BCUT2D eigenvalue weighted by Gasteiger charge is 2.51. The van der Waals surface area contributed by atoms with Crippen LogP contribution in [-0.4, -0.2) is 103 Å². The summed E-state index contributed by atoms with van der Waals surface area (Å²) in [4.78, 5) is 42.0. The van der Waals surface area contributed by atoms with Crippen molar-refractivity contribution >= 4 is 14.3 Å². The number of hydrogen-bond acceptors (Lipinski definition) is 12. The molecular weight excluding hydrogens is 814 g/mol. The highest BCUT2D eigenvalue weighted by atomic mass is 31.2. The molecule has 0 bridgehead atoms. The van der Waals surface area contributed by atoms with Gasteiger partial charge >= 0.3 is 11.7 Å². The molecule has 14 nitrogen and oxygen atoms in total. The van der Waals surface area contributed by atoms with Crippen LogP contribution in [0.25, 0.3) is 0 Å². The normalized spacial score (nSPS) is 18.5. The number of terminal acetylenes is 1. The van der Waals surface area contributed by atoms with Crippen LogP contribution in [0.15, 0.2) is 101 Å². The molecule has 0 aliphatic carbocycles. The van der Waals surface area contributed by atoms with E-state index < -0.39 is 61.3 Å². The van der Waals surface area contributed by atoms with E-state index in [0.29, 0.717) is 11.5 Å². The lowest BCUT2D eigenvalue weighted by molar-refractivity contribution is -0.152. The molecule has 334 valence electrons. The molecule has 62 heavy (non-hydrogen) atoms. The third kappa shape index (κ3) is 11.6. The number of ether oxygens (including phenoxy) is 7. The lowest BCUT2D eigenvalue weighted by Gasteiger charge is -2.40. The molecule has 15 heteroatoms. The molecule has 2 unspecified atom stereocenters. The number of nitrogens with zero attached hydrogens (tertiary/aromatic N) is 2. The van der Waals surface area contributed by atoms with Crippen LogP contribution in [-0.2, 0) is 38.6 Å². The van der Waals surface area contributed by atoms with Crippen LogP contribution in [0.3, 0.4) is 0 Å². The van der Waals surface area contributed by atoms with Gasteiger partial charge in [-0.3, -0.25) is 23.8 Å². The van der Waals surface area contributed by atoms with E-state index in [0.717, 1.165) is 16.7 Å². The van der Waals surface area contributed by atoms with E-state index in [1.165, 1.54) is 16.8 Å². The second-order valence-electron chi connectivity index (χ2n) is 16.0. The van der Waals surface area contributed by atoms with Gasteiger partial charge in [-0.1, -0.05) is 54.6 Å². The number of esters is 1. The zero-order chi connectivity index (χ0) is 45.0. The Hall–Kier alpha value is -4.84. The van der Waals surface area contributed by atoms with Gasteiger partial charge in [-0.25, -0.2) is 4.79 Å². The number of H-pyrrole nitrogens is 1. The van der Waals surface area contributed by atoms with Crippen LogP contribution < -0.4 is 20.7 Å². The Morgan fingerprint density at radius 2 is 1.44 bits per heavy atom. The van der Waals surface area contributed by atoms with E-state index in [4.69, 9.17) is 44.1 Å². The predicted octanol–water partition coefficient (Wildman–Crippen LogP) is 6.65. The van der Waals surface area contributed by atoms with E-state index in [-0.39, 0.29) is 44.5 Å². The highest BCUT2D eigenvalue weighted by Crippen LogP contribution is 2.51. The van der Waals surface area contributed by atoms with Gasteiger partial charge < -0.3 is 37.7 Å². The summed E-state index contributed by atoms with van der Waals surface area (Å²) < 4.78 is 53.8. The van der Waals surface area contributed by atoms with Crippen LogP contribution in [0.5, 0.6) is 11.5 Å². The molecule has 0 saturated carbocycles. The first-order chi connectivity index (χ1) is 29.7. The van der Waals surface area contributed by atoms with Gasteiger partial charge in [0.1, 0.15) is 55.5 Å². The molecular formula is C47H60N3O11P. The van der Waals surface area contributed by atoms with Gasteiger partial charge in [0.25, 0.3) is 5.56 Å². The Labute approximate surface area is 365 Å². The Morgan fingerprint density at radius 1 is 0.855 bits per heavy atom. The van der Waals surface area contributed by atoms with Gasteiger partial charge in [-0.15, -0.1) is 12.3 Å². The van der Waals surface area contributed by atoms with E-state index >= 15 is 0 Å². The van der Waals surface area contributed by atoms with Crippen molar-refractivity contribution in [2.45, 2.75) is 95.8 Å². The summed E-state index contributed by atoms with van der Waals surface area (Å²) in [6, 6.07) is 26.2. The van der Waals surface area contributed by atoms with Gasteiger partial charge in [0.05, 0.1) is 34.0 Å². The molecule has 1 aliphatic rings. The number of nitrogens with one attached hydrogen (secondary N) is 1. The fourth-order valence-corrected chi connectivity index (χ4v) is 9.90. The summed E-state index contributed by atoms with van der Waals surface area (Å²) >= 11 is 0. The summed E-state index contributed by atoms with van der Waals surface area (Å²) in [6.07, 6.45) is 3.15. The van der Waals surface area contributed by atoms with Crippen LogP contribution in [0.1, 0.15) is 70.9 Å². The van der Waals surface area contributed by atoms with Crippen molar-refractivity contribution in [3.05, 3.63) is 129 Å². The Kier molecular flexibility index (Phi) is 17.1. The number of methoxy groups -OCH3 is 3. The highest BCUT2D eigenvalue weighted by molar-refractivity contribution is 7.51. The average molecular weight is 874 g/mol. The second-order valence-corrected chi connectivity index (χ2v) is 17.7. The van der Waals surface area contributed by atoms with Crippen molar-refractivity contribution < 1.29 is 42.5 Å². The van der Waals surface area contributed by atoms with Crippen molar-refractivity contribution in [1.29, 1.82) is 0 Å². The SMILES string of the molecule is C#CCC(C)(C)OC(=O)CP(O[C@@H]1C(OCCOC)[C@H](n2ccc(=O)[nH]c2=O)O[C@@H]1COC(c1ccccc1)(c1ccc(OC)cc1)c1ccc(OC)cc1)N(C(C)C)C(C)C. The van der Waals surface area contributed by atoms with E-state index in [2.05, 4.69) is 15.6 Å². The fraction of sp³-hybridized carbons (Fsp3) is 0.468. The first-order valence-electron chi connectivity index (χ1n) is 20.6. The van der Waals surface area contributed by atoms with Crippen molar-refractivity contribution in [2.75, 3.05) is 47.3 Å². The number of carbonyl (C=O) groups excluding carboxylic acids is 1. The quantitative estimate of drug-likeness (QED) is 0.0296. The molecule has 0 radical (unpaired) electrons. The maximum Gasteiger partial charge on any atom is 0.330 e. The van der Waals surface area contributed by atoms with Gasteiger partial charge in [0.2, 0.25) is 0 Å². The molecule has 1 aliphatic heterocycles. The molecule has 5 atom stereocenters. The molecule has 3 aromatic carbocycles. The molecule has 1 aromatic heterocycles. The Balaban J connectivity index is 1.68. The Morgan fingerprint density at radius 3 is 1.95 bits per heavy atom. The fourth-order valence-electron chi connectivity index (χ4n) is 7.71. The zero-order valence-electron chi connectivity index (χ0n) is 37.1. The molecule has 1 N–H and O–H groups in total. The molecule has 5 rings (SSSR count). The smallest absolute Gasteiger partial charge is 0.330 e. The minimum atomic E-state index is -1.78. The summed E-state index contributed by atoms with van der Waals surface area (Å²) in [5.41, 5.74) is -1.03. The number of rotatable bonds is 22. The van der Waals surface area contributed by atoms with Crippen molar-refractivity contribution in [3.8, 4) is 23.8 Å². The first-order valence-corrected chi connectivity index (χ1v) is 22.0. The van der Waals surface area contributed by atoms with Crippen molar-refractivity contribution in [2.24, 2.45) is 0 Å². The van der Waals surface area contributed by atoms with Crippen molar-refractivity contribution in [1.82, 2.24) is 14.2 Å². The number of hydrogen-bond donors (Lipinski definition) is 1. The van der Waals surface area contributed by atoms with E-state index in [1.807, 2.05) is 107 Å². The van der Waals surface area contributed by atoms with Gasteiger partial charge in [0, 0.05) is 37.9 Å². The van der Waals surface area contributed by atoms with Gasteiger partial charge in [-0.2, -0.15) is 0 Å². The largest absolute Gasteiger partial charge is 0.497 e. The minimum Gasteiger partial charge on any atom is -0.497 e. The second kappa shape index (κ2) is 22.0. The lowest BCUT2D eigenvalue weighted by Crippen LogP contribution is -2.44. The molecule has 1 saturated heterocycles. The summed E-state index contributed by atoms with van der Waals surface area (Å²) in [5, 5.41) is 0. The third-order valence-electron chi connectivity index (χ3n) is 10.4. The van der Waals surface area contributed by atoms with Crippen LogP contribution in [0.4, 0.5) is 0 Å².